The Kier molecular flexibility index (Phi) is 4.15. The van der Waals surface area contributed by atoms with Crippen molar-refractivity contribution in [2.24, 2.45) is 5.73 Å². The molecule has 0 spiro atoms. The summed E-state index contributed by atoms with van der Waals surface area (Å²) in [6.07, 6.45) is 0.453. The van der Waals surface area contributed by atoms with Gasteiger partial charge in [-0.15, -0.1) is 0 Å². The summed E-state index contributed by atoms with van der Waals surface area (Å²) in [6, 6.07) is 5.57. The highest BCUT2D eigenvalue weighted by Gasteiger charge is 2.41. The average molecular weight is 280 g/mol. The molecule has 0 radical (unpaired) electrons. The van der Waals surface area contributed by atoms with Crippen LogP contribution in [0.3, 0.4) is 0 Å². The van der Waals surface area contributed by atoms with Crippen molar-refractivity contribution in [1.29, 1.82) is 0 Å². The van der Waals surface area contributed by atoms with Gasteiger partial charge in [0.15, 0.2) is 0 Å². The molecule has 1 saturated heterocycles. The molecule has 1 unspecified atom stereocenters. The molecule has 0 bridgehead atoms. The quantitative estimate of drug-likeness (QED) is 0.825. The van der Waals surface area contributed by atoms with E-state index in [1.165, 1.54) is 0 Å². The molecule has 0 saturated carbocycles. The molecular weight excluding hydrogens is 260 g/mol. The van der Waals surface area contributed by atoms with Crippen LogP contribution in [-0.2, 0) is 11.3 Å². The lowest BCUT2D eigenvalue weighted by molar-refractivity contribution is -0.142. The Morgan fingerprint density at radius 1 is 1.45 bits per heavy atom. The van der Waals surface area contributed by atoms with E-state index in [1.54, 1.807) is 14.2 Å². The summed E-state index contributed by atoms with van der Waals surface area (Å²) >= 11 is 0. The first kappa shape index (κ1) is 14.6. The highest BCUT2D eigenvalue weighted by Crippen LogP contribution is 2.28. The number of methoxy groups -OCH3 is 2. The van der Waals surface area contributed by atoms with E-state index >= 15 is 0 Å². The fourth-order valence-electron chi connectivity index (χ4n) is 2.47. The maximum atomic E-state index is 11.1. The van der Waals surface area contributed by atoms with E-state index < -0.39 is 11.5 Å². The predicted octanol–water partition coefficient (Wildman–Crippen LogP) is 0.692. The van der Waals surface area contributed by atoms with Crippen LogP contribution in [0.1, 0.15) is 12.0 Å². The molecule has 1 aromatic carbocycles. The zero-order valence-electron chi connectivity index (χ0n) is 11.8. The Morgan fingerprint density at radius 2 is 2.20 bits per heavy atom. The van der Waals surface area contributed by atoms with Crippen molar-refractivity contribution in [3.63, 3.8) is 0 Å². The van der Waals surface area contributed by atoms with Crippen molar-refractivity contribution in [2.75, 3.05) is 27.3 Å². The topological polar surface area (TPSA) is 85.0 Å². The number of aliphatic carboxylic acids is 1. The van der Waals surface area contributed by atoms with Gasteiger partial charge in [-0.2, -0.15) is 0 Å². The van der Waals surface area contributed by atoms with E-state index in [2.05, 4.69) is 0 Å². The molecule has 1 atom stereocenters. The number of carbonyl (C=O) groups is 1. The van der Waals surface area contributed by atoms with Crippen molar-refractivity contribution in [1.82, 2.24) is 4.90 Å². The van der Waals surface area contributed by atoms with Crippen LogP contribution in [-0.4, -0.2) is 48.8 Å². The van der Waals surface area contributed by atoms with Gasteiger partial charge in [0.2, 0.25) is 0 Å². The first-order valence-corrected chi connectivity index (χ1v) is 6.44. The van der Waals surface area contributed by atoms with Crippen LogP contribution in [0.25, 0.3) is 0 Å². The van der Waals surface area contributed by atoms with E-state index in [0.717, 1.165) is 17.1 Å². The minimum atomic E-state index is -1.15. The molecule has 1 aliphatic rings. The molecule has 1 aliphatic heterocycles. The second-order valence-electron chi connectivity index (χ2n) is 5.10. The lowest BCUT2D eigenvalue weighted by Crippen LogP contribution is -2.50. The number of likely N-dealkylation sites (tertiary alicyclic amines) is 1. The molecule has 20 heavy (non-hydrogen) atoms. The van der Waals surface area contributed by atoms with Crippen molar-refractivity contribution < 1.29 is 19.4 Å². The number of benzene rings is 1. The highest BCUT2D eigenvalue weighted by molar-refractivity contribution is 5.79. The van der Waals surface area contributed by atoms with Gasteiger partial charge in [-0.3, -0.25) is 9.69 Å². The molecule has 110 valence electrons. The largest absolute Gasteiger partial charge is 0.497 e. The van der Waals surface area contributed by atoms with Crippen LogP contribution in [0.5, 0.6) is 11.5 Å². The van der Waals surface area contributed by atoms with Gasteiger partial charge in [0.25, 0.3) is 0 Å². The second kappa shape index (κ2) is 5.68. The van der Waals surface area contributed by atoms with Gasteiger partial charge >= 0.3 is 5.97 Å². The Morgan fingerprint density at radius 3 is 2.75 bits per heavy atom. The van der Waals surface area contributed by atoms with Gasteiger partial charge in [0.1, 0.15) is 17.0 Å². The third-order valence-corrected chi connectivity index (χ3v) is 3.69. The molecular formula is C14H20N2O4. The Bertz CT molecular complexity index is 506. The van der Waals surface area contributed by atoms with Gasteiger partial charge in [-0.25, -0.2) is 0 Å². The van der Waals surface area contributed by atoms with Crippen LogP contribution in [0.15, 0.2) is 18.2 Å². The summed E-state index contributed by atoms with van der Waals surface area (Å²) in [7, 11) is 3.22. The number of nitrogens with two attached hydrogens (primary N) is 1. The number of rotatable bonds is 5. The number of carboxylic acids is 1. The maximum absolute atomic E-state index is 11.1. The molecule has 1 fully saturated rings. The van der Waals surface area contributed by atoms with E-state index in [4.69, 9.17) is 20.3 Å². The molecule has 6 nitrogen and oxygen atoms in total. The molecule has 3 N–H and O–H groups in total. The molecule has 0 aromatic heterocycles. The average Bonchev–Trinajstić information content (AvgIpc) is 2.81. The first-order chi connectivity index (χ1) is 9.48. The monoisotopic (exact) mass is 280 g/mol. The third kappa shape index (κ3) is 2.86. The normalized spacial score (nSPS) is 22.8. The van der Waals surface area contributed by atoms with E-state index in [0.29, 0.717) is 26.1 Å². The molecule has 1 aromatic rings. The van der Waals surface area contributed by atoms with Crippen LogP contribution in [0, 0.1) is 0 Å². The van der Waals surface area contributed by atoms with E-state index in [-0.39, 0.29) is 0 Å². The number of hydrogen-bond donors (Lipinski definition) is 2. The lowest BCUT2D eigenvalue weighted by Gasteiger charge is -2.21. The molecule has 0 amide bonds. The van der Waals surface area contributed by atoms with Gasteiger partial charge in [0, 0.05) is 25.2 Å². The summed E-state index contributed by atoms with van der Waals surface area (Å²) in [6.45, 7) is 1.58. The second-order valence-corrected chi connectivity index (χ2v) is 5.10. The first-order valence-electron chi connectivity index (χ1n) is 6.44. The fraction of sp³-hybridized carbons (Fsp3) is 0.500. The van der Waals surface area contributed by atoms with Gasteiger partial charge in [0.05, 0.1) is 14.2 Å². The number of nitrogens with zero attached hydrogens (tertiary/aromatic N) is 1. The van der Waals surface area contributed by atoms with Gasteiger partial charge in [-0.1, -0.05) is 0 Å². The van der Waals surface area contributed by atoms with Gasteiger partial charge < -0.3 is 20.3 Å². The summed E-state index contributed by atoms with van der Waals surface area (Å²) < 4.78 is 10.5. The zero-order valence-corrected chi connectivity index (χ0v) is 11.8. The number of carboxylic acid groups (broad SMARTS) is 1. The predicted molar refractivity (Wildman–Crippen MR) is 74.0 cm³/mol. The van der Waals surface area contributed by atoms with Crippen molar-refractivity contribution in [3.05, 3.63) is 23.8 Å². The summed E-state index contributed by atoms with van der Waals surface area (Å²) in [5.74, 6) is 0.561. The van der Waals surface area contributed by atoms with Gasteiger partial charge in [-0.05, 0) is 24.6 Å². The number of hydrogen-bond acceptors (Lipinski definition) is 5. The Hall–Kier alpha value is -1.79. The van der Waals surface area contributed by atoms with Crippen molar-refractivity contribution in [2.45, 2.75) is 18.5 Å². The van der Waals surface area contributed by atoms with Crippen molar-refractivity contribution in [3.8, 4) is 11.5 Å². The maximum Gasteiger partial charge on any atom is 0.325 e. The van der Waals surface area contributed by atoms with Crippen LogP contribution in [0.4, 0.5) is 0 Å². The molecule has 6 heteroatoms. The minimum absolute atomic E-state index is 0.336. The SMILES string of the molecule is COc1ccc(OC)c(CN2CCC(N)(C(=O)O)C2)c1. The molecule has 0 aliphatic carbocycles. The summed E-state index contributed by atoms with van der Waals surface area (Å²) in [4.78, 5) is 13.2. The lowest BCUT2D eigenvalue weighted by atomic mass is 10.0. The fourth-order valence-corrected chi connectivity index (χ4v) is 2.47. The summed E-state index contributed by atoms with van der Waals surface area (Å²) in [5.41, 5.74) is 5.69. The zero-order chi connectivity index (χ0) is 14.8. The van der Waals surface area contributed by atoms with E-state index in [1.807, 2.05) is 23.1 Å². The molecule has 2 rings (SSSR count). The smallest absolute Gasteiger partial charge is 0.325 e. The Balaban J connectivity index is 2.13. The van der Waals surface area contributed by atoms with Crippen LogP contribution >= 0.6 is 0 Å². The number of ether oxygens (including phenoxy) is 2. The van der Waals surface area contributed by atoms with Crippen molar-refractivity contribution >= 4 is 5.97 Å². The Labute approximate surface area is 118 Å². The standard InChI is InChI=1S/C14H20N2O4/c1-19-11-3-4-12(20-2)10(7-11)8-16-6-5-14(15,9-16)13(17)18/h3-4,7H,5-6,8-9,15H2,1-2H3,(H,17,18). The molecule has 1 heterocycles. The highest BCUT2D eigenvalue weighted by atomic mass is 16.5. The van der Waals surface area contributed by atoms with Crippen LogP contribution < -0.4 is 15.2 Å². The third-order valence-electron chi connectivity index (χ3n) is 3.69. The van der Waals surface area contributed by atoms with Crippen LogP contribution in [0.2, 0.25) is 0 Å². The van der Waals surface area contributed by atoms with E-state index in [9.17, 15) is 4.79 Å². The summed E-state index contributed by atoms with van der Waals surface area (Å²) in [5, 5.41) is 9.14. The minimum Gasteiger partial charge on any atom is -0.497 e.